The summed E-state index contributed by atoms with van der Waals surface area (Å²) >= 11 is 1.49. The summed E-state index contributed by atoms with van der Waals surface area (Å²) in [5.41, 5.74) is 1.61. The Balaban J connectivity index is 1.82. The Labute approximate surface area is 114 Å². The number of carbonyl (C=O) groups excluding carboxylic acids is 1. The number of nitrogens with zero attached hydrogens (tertiary/aromatic N) is 1. The molecule has 1 N–H and O–H groups in total. The van der Waals surface area contributed by atoms with Gasteiger partial charge in [0.05, 0.1) is 11.3 Å². The van der Waals surface area contributed by atoms with Crippen LogP contribution in [-0.2, 0) is 12.8 Å². The van der Waals surface area contributed by atoms with Crippen molar-refractivity contribution in [2.24, 2.45) is 0 Å². The molecule has 0 atom stereocenters. The van der Waals surface area contributed by atoms with E-state index in [4.69, 9.17) is 0 Å². The van der Waals surface area contributed by atoms with Crippen LogP contribution in [0.1, 0.15) is 32.9 Å². The van der Waals surface area contributed by atoms with Crippen molar-refractivity contribution in [1.29, 1.82) is 0 Å². The molecule has 19 heavy (non-hydrogen) atoms. The smallest absolute Gasteiger partial charge is 0.260 e. The molecule has 1 aliphatic rings. The van der Waals surface area contributed by atoms with Gasteiger partial charge < -0.3 is 0 Å². The summed E-state index contributed by atoms with van der Waals surface area (Å²) in [6.45, 7) is 1.64. The molecule has 5 heteroatoms. The summed E-state index contributed by atoms with van der Waals surface area (Å²) in [7, 11) is 0. The average molecular weight is 276 g/mol. The van der Waals surface area contributed by atoms with E-state index in [0.717, 1.165) is 25.0 Å². The lowest BCUT2D eigenvalue weighted by Crippen LogP contribution is -2.14. The largest absolute Gasteiger partial charge is 0.298 e. The van der Waals surface area contributed by atoms with Crippen LogP contribution in [0, 0.1) is 12.7 Å². The SMILES string of the molecule is Cc1cccc(C(=O)Nc2nc3c(s2)CCC3)c1F. The van der Waals surface area contributed by atoms with Gasteiger partial charge in [-0.1, -0.05) is 12.1 Å². The van der Waals surface area contributed by atoms with Crippen molar-refractivity contribution in [3.05, 3.63) is 45.7 Å². The Morgan fingerprint density at radius 2 is 2.26 bits per heavy atom. The van der Waals surface area contributed by atoms with Crippen LogP contribution in [-0.4, -0.2) is 10.9 Å². The van der Waals surface area contributed by atoms with Gasteiger partial charge in [-0.2, -0.15) is 0 Å². The van der Waals surface area contributed by atoms with Crippen molar-refractivity contribution in [2.45, 2.75) is 26.2 Å². The minimum atomic E-state index is -0.468. The third kappa shape index (κ3) is 2.26. The van der Waals surface area contributed by atoms with Crippen molar-refractivity contribution >= 4 is 22.4 Å². The second-order valence-electron chi connectivity index (χ2n) is 4.63. The van der Waals surface area contributed by atoms with Crippen LogP contribution in [0.3, 0.4) is 0 Å². The Bertz CT molecular complexity index is 629. The molecule has 1 aliphatic carbocycles. The molecule has 0 fully saturated rings. The first-order valence-corrected chi connectivity index (χ1v) is 7.02. The van der Waals surface area contributed by atoms with Crippen molar-refractivity contribution in [1.82, 2.24) is 4.98 Å². The summed E-state index contributed by atoms with van der Waals surface area (Å²) in [5.74, 6) is -0.905. The lowest BCUT2D eigenvalue weighted by Gasteiger charge is -2.05. The van der Waals surface area contributed by atoms with E-state index in [1.807, 2.05) is 0 Å². The molecule has 2 aromatic rings. The quantitative estimate of drug-likeness (QED) is 0.914. The van der Waals surface area contributed by atoms with E-state index in [0.29, 0.717) is 10.7 Å². The standard InChI is InChI=1S/C14H13FN2OS/c1-8-4-2-5-9(12(8)15)13(18)17-14-16-10-6-3-7-11(10)19-14/h2,4-5H,3,6-7H2,1H3,(H,16,17,18). The molecule has 0 saturated heterocycles. The number of hydrogen-bond acceptors (Lipinski definition) is 3. The van der Waals surface area contributed by atoms with Gasteiger partial charge in [0.25, 0.3) is 5.91 Å². The van der Waals surface area contributed by atoms with Crippen LogP contribution in [0.25, 0.3) is 0 Å². The average Bonchev–Trinajstić information content (AvgIpc) is 2.93. The van der Waals surface area contributed by atoms with Gasteiger partial charge in [-0.25, -0.2) is 9.37 Å². The number of nitrogens with one attached hydrogen (secondary N) is 1. The molecule has 1 aromatic heterocycles. The summed E-state index contributed by atoms with van der Waals surface area (Å²) in [6.07, 6.45) is 3.14. The maximum absolute atomic E-state index is 13.8. The van der Waals surface area contributed by atoms with Crippen LogP contribution < -0.4 is 5.32 Å². The number of thiazole rings is 1. The third-order valence-corrected chi connectivity index (χ3v) is 4.33. The van der Waals surface area contributed by atoms with Crippen molar-refractivity contribution in [3.8, 4) is 0 Å². The molecule has 0 radical (unpaired) electrons. The maximum atomic E-state index is 13.8. The zero-order chi connectivity index (χ0) is 13.4. The molecule has 1 aromatic carbocycles. The Morgan fingerprint density at radius 1 is 1.42 bits per heavy atom. The molecule has 0 bridgehead atoms. The topological polar surface area (TPSA) is 42.0 Å². The molecule has 0 spiro atoms. The van der Waals surface area contributed by atoms with Gasteiger partial charge in [-0.3, -0.25) is 10.1 Å². The van der Waals surface area contributed by atoms with E-state index in [9.17, 15) is 9.18 Å². The molecule has 1 heterocycles. The van der Waals surface area contributed by atoms with Crippen LogP contribution in [0.4, 0.5) is 9.52 Å². The van der Waals surface area contributed by atoms with E-state index in [1.165, 1.54) is 22.3 Å². The lowest BCUT2D eigenvalue weighted by atomic mass is 10.1. The molecular weight excluding hydrogens is 263 g/mol. The van der Waals surface area contributed by atoms with Crippen LogP contribution in [0.15, 0.2) is 18.2 Å². The fourth-order valence-electron chi connectivity index (χ4n) is 2.23. The normalized spacial score (nSPS) is 13.4. The number of aryl methyl sites for hydroxylation is 3. The number of anilines is 1. The number of halogens is 1. The monoisotopic (exact) mass is 276 g/mol. The zero-order valence-electron chi connectivity index (χ0n) is 10.5. The zero-order valence-corrected chi connectivity index (χ0v) is 11.3. The lowest BCUT2D eigenvalue weighted by molar-refractivity contribution is 0.102. The van der Waals surface area contributed by atoms with Gasteiger partial charge in [-0.15, -0.1) is 11.3 Å². The molecule has 0 aliphatic heterocycles. The van der Waals surface area contributed by atoms with Crippen molar-refractivity contribution < 1.29 is 9.18 Å². The van der Waals surface area contributed by atoms with E-state index in [-0.39, 0.29) is 5.56 Å². The molecule has 98 valence electrons. The van der Waals surface area contributed by atoms with E-state index >= 15 is 0 Å². The molecule has 0 unspecified atom stereocenters. The summed E-state index contributed by atoms with van der Waals surface area (Å²) < 4.78 is 13.8. The predicted octanol–water partition coefficient (Wildman–Crippen LogP) is 3.33. The van der Waals surface area contributed by atoms with Gasteiger partial charge in [0.1, 0.15) is 5.82 Å². The highest BCUT2D eigenvalue weighted by Crippen LogP contribution is 2.30. The number of carbonyl (C=O) groups is 1. The molecule has 1 amide bonds. The first kappa shape index (κ1) is 12.3. The highest BCUT2D eigenvalue weighted by molar-refractivity contribution is 7.15. The number of amides is 1. The first-order valence-electron chi connectivity index (χ1n) is 6.20. The van der Waals surface area contributed by atoms with Crippen LogP contribution in [0.5, 0.6) is 0 Å². The number of hydrogen-bond donors (Lipinski definition) is 1. The van der Waals surface area contributed by atoms with Gasteiger partial charge in [0.2, 0.25) is 0 Å². The van der Waals surface area contributed by atoms with E-state index in [2.05, 4.69) is 10.3 Å². The minimum Gasteiger partial charge on any atom is -0.298 e. The second kappa shape index (κ2) is 4.74. The first-order chi connectivity index (χ1) is 9.15. The summed E-state index contributed by atoms with van der Waals surface area (Å²) in [6, 6.07) is 4.80. The van der Waals surface area contributed by atoms with Gasteiger partial charge in [-0.05, 0) is 37.8 Å². The Morgan fingerprint density at radius 3 is 3.05 bits per heavy atom. The Hall–Kier alpha value is -1.75. The number of aromatic nitrogens is 1. The molecule has 3 rings (SSSR count). The van der Waals surface area contributed by atoms with Gasteiger partial charge >= 0.3 is 0 Å². The van der Waals surface area contributed by atoms with E-state index in [1.54, 1.807) is 19.1 Å². The van der Waals surface area contributed by atoms with Crippen LogP contribution in [0.2, 0.25) is 0 Å². The van der Waals surface area contributed by atoms with Crippen molar-refractivity contribution in [2.75, 3.05) is 5.32 Å². The number of fused-ring (bicyclic) bond motifs is 1. The fraction of sp³-hybridized carbons (Fsp3) is 0.286. The third-order valence-electron chi connectivity index (χ3n) is 3.25. The minimum absolute atomic E-state index is 0.0651. The van der Waals surface area contributed by atoms with Gasteiger partial charge in [0, 0.05) is 4.88 Å². The summed E-state index contributed by atoms with van der Waals surface area (Å²) in [5, 5.41) is 3.25. The Kier molecular flexibility index (Phi) is 3.06. The van der Waals surface area contributed by atoms with Crippen LogP contribution >= 0.6 is 11.3 Å². The maximum Gasteiger partial charge on any atom is 0.260 e. The number of benzene rings is 1. The van der Waals surface area contributed by atoms with Gasteiger partial charge in [0.15, 0.2) is 5.13 Å². The molecule has 3 nitrogen and oxygen atoms in total. The molecular formula is C14H13FN2OS. The highest BCUT2D eigenvalue weighted by atomic mass is 32.1. The van der Waals surface area contributed by atoms with Crippen molar-refractivity contribution in [3.63, 3.8) is 0 Å². The highest BCUT2D eigenvalue weighted by Gasteiger charge is 2.19. The predicted molar refractivity (Wildman–Crippen MR) is 73.2 cm³/mol. The summed E-state index contributed by atoms with van der Waals surface area (Å²) in [4.78, 5) is 17.6. The van der Waals surface area contributed by atoms with E-state index < -0.39 is 11.7 Å². The second-order valence-corrected chi connectivity index (χ2v) is 5.72. The molecule has 0 saturated carbocycles. The fourth-order valence-corrected chi connectivity index (χ4v) is 3.28. The number of rotatable bonds is 2.